The molecule has 0 aromatic carbocycles. The first-order valence-corrected chi connectivity index (χ1v) is 6.66. The molecule has 0 aromatic heterocycles. The summed E-state index contributed by atoms with van der Waals surface area (Å²) in [6.07, 6.45) is 9.60. The monoisotopic (exact) mass is 232 g/mol. The minimum atomic E-state index is -0.138. The molecule has 2 aliphatic carbocycles. The van der Waals surface area contributed by atoms with Crippen molar-refractivity contribution in [2.24, 2.45) is 5.41 Å². The van der Waals surface area contributed by atoms with E-state index < -0.39 is 0 Å². The van der Waals surface area contributed by atoms with E-state index in [0.717, 1.165) is 32.1 Å². The summed E-state index contributed by atoms with van der Waals surface area (Å²) in [4.78, 5) is 0. The Morgan fingerprint density at radius 3 is 3.00 bits per heavy atom. The summed E-state index contributed by atoms with van der Waals surface area (Å²) in [5, 5.41) is 10.0. The number of ether oxygens (including phenoxy) is 1. The highest BCUT2D eigenvalue weighted by molar-refractivity contribution is 5.51. The second kappa shape index (κ2) is 3.66. The molecule has 1 heterocycles. The van der Waals surface area contributed by atoms with Crippen LogP contribution in [0.3, 0.4) is 0 Å². The highest BCUT2D eigenvalue weighted by atomic mass is 16.5. The number of fused-ring (bicyclic) bond motifs is 2. The molecule has 1 N–H and O–H groups in total. The highest BCUT2D eigenvalue weighted by Crippen LogP contribution is 2.53. The van der Waals surface area contributed by atoms with E-state index in [0.29, 0.717) is 11.9 Å². The molecule has 0 spiro atoms. The largest absolute Gasteiger partial charge is 0.511 e. The van der Waals surface area contributed by atoms with Gasteiger partial charge in [-0.25, -0.2) is 0 Å². The Bertz CT molecular complexity index is 442. The molecule has 2 atom stereocenters. The van der Waals surface area contributed by atoms with Gasteiger partial charge in [-0.05, 0) is 49.8 Å². The summed E-state index contributed by atoms with van der Waals surface area (Å²) >= 11 is 0. The van der Waals surface area contributed by atoms with Crippen LogP contribution < -0.4 is 0 Å². The highest BCUT2D eigenvalue weighted by Gasteiger charge is 2.43. The third-order valence-corrected chi connectivity index (χ3v) is 4.56. The smallest absolute Gasteiger partial charge is 0.103 e. The topological polar surface area (TPSA) is 29.5 Å². The number of hydrogen-bond donors (Lipinski definition) is 1. The van der Waals surface area contributed by atoms with Crippen LogP contribution >= 0.6 is 0 Å². The second-order valence-corrected chi connectivity index (χ2v) is 5.55. The van der Waals surface area contributed by atoms with Gasteiger partial charge in [-0.3, -0.25) is 0 Å². The zero-order valence-corrected chi connectivity index (χ0v) is 10.6. The van der Waals surface area contributed by atoms with E-state index in [9.17, 15) is 5.11 Å². The Labute approximate surface area is 103 Å². The van der Waals surface area contributed by atoms with Crippen LogP contribution in [0.4, 0.5) is 0 Å². The zero-order valence-electron chi connectivity index (χ0n) is 10.6. The summed E-state index contributed by atoms with van der Waals surface area (Å²) in [7, 11) is 0. The lowest BCUT2D eigenvalue weighted by atomic mass is 9.70. The van der Waals surface area contributed by atoms with Gasteiger partial charge in [-0.1, -0.05) is 13.0 Å². The minimum absolute atomic E-state index is 0.138. The summed E-state index contributed by atoms with van der Waals surface area (Å²) in [6.45, 7) is 4.33. The summed E-state index contributed by atoms with van der Waals surface area (Å²) in [5.74, 6) is 1.71. The third kappa shape index (κ3) is 1.46. The van der Waals surface area contributed by atoms with Gasteiger partial charge in [0.1, 0.15) is 5.76 Å². The molecule has 0 radical (unpaired) electrons. The van der Waals surface area contributed by atoms with E-state index in [2.05, 4.69) is 19.9 Å². The average molecular weight is 232 g/mol. The molecule has 0 amide bonds. The molecule has 0 aromatic rings. The van der Waals surface area contributed by atoms with Crippen LogP contribution in [0.25, 0.3) is 0 Å². The third-order valence-electron chi connectivity index (χ3n) is 4.56. The fraction of sp³-hybridized carbons (Fsp3) is 0.600. The molecule has 0 bridgehead atoms. The predicted octanol–water partition coefficient (Wildman–Crippen LogP) is 4.01. The van der Waals surface area contributed by atoms with Gasteiger partial charge in [0.05, 0.1) is 17.3 Å². The number of allylic oxidation sites excluding steroid dienone is 5. The van der Waals surface area contributed by atoms with Crippen LogP contribution in [0.15, 0.2) is 34.8 Å². The van der Waals surface area contributed by atoms with Crippen LogP contribution in [0.2, 0.25) is 0 Å². The van der Waals surface area contributed by atoms with Crippen LogP contribution in [-0.4, -0.2) is 11.2 Å². The molecule has 3 aliphatic rings. The van der Waals surface area contributed by atoms with Gasteiger partial charge < -0.3 is 9.84 Å². The van der Waals surface area contributed by atoms with Crippen molar-refractivity contribution in [2.75, 3.05) is 0 Å². The SMILES string of the molecule is CCC1CCC2=C(CCC3(C)C(O)=CC=C23)O1. The maximum Gasteiger partial charge on any atom is 0.103 e. The molecular formula is C15H20O2. The van der Waals surface area contributed by atoms with Crippen molar-refractivity contribution in [3.63, 3.8) is 0 Å². The zero-order chi connectivity index (χ0) is 12.0. The summed E-state index contributed by atoms with van der Waals surface area (Å²) < 4.78 is 6.06. The van der Waals surface area contributed by atoms with Crippen LogP contribution in [-0.2, 0) is 4.74 Å². The molecule has 2 nitrogen and oxygen atoms in total. The van der Waals surface area contributed by atoms with E-state index in [1.165, 1.54) is 16.9 Å². The summed E-state index contributed by atoms with van der Waals surface area (Å²) in [6, 6.07) is 0. The average Bonchev–Trinajstić information content (AvgIpc) is 2.65. The van der Waals surface area contributed by atoms with Gasteiger partial charge in [-0.15, -0.1) is 0 Å². The lowest BCUT2D eigenvalue weighted by molar-refractivity contribution is 0.0711. The first-order valence-electron chi connectivity index (χ1n) is 6.66. The lowest BCUT2D eigenvalue weighted by Crippen LogP contribution is -2.30. The molecule has 17 heavy (non-hydrogen) atoms. The summed E-state index contributed by atoms with van der Waals surface area (Å²) in [5.41, 5.74) is 2.52. The number of aliphatic hydroxyl groups excluding tert-OH is 1. The predicted molar refractivity (Wildman–Crippen MR) is 67.6 cm³/mol. The molecule has 2 unspecified atom stereocenters. The van der Waals surface area contributed by atoms with Gasteiger partial charge in [0.2, 0.25) is 0 Å². The Hall–Kier alpha value is -1.18. The molecule has 0 saturated carbocycles. The van der Waals surface area contributed by atoms with Gasteiger partial charge in [0.25, 0.3) is 0 Å². The number of hydrogen-bond acceptors (Lipinski definition) is 2. The first-order chi connectivity index (χ1) is 8.15. The molecule has 0 fully saturated rings. The van der Waals surface area contributed by atoms with Gasteiger partial charge in [-0.2, -0.15) is 0 Å². The van der Waals surface area contributed by atoms with Crippen molar-refractivity contribution in [2.45, 2.75) is 52.1 Å². The van der Waals surface area contributed by atoms with Crippen LogP contribution in [0.5, 0.6) is 0 Å². The maximum absolute atomic E-state index is 10.0. The van der Waals surface area contributed by atoms with E-state index in [1.54, 1.807) is 0 Å². The quantitative estimate of drug-likeness (QED) is 0.740. The Balaban J connectivity index is 1.95. The minimum Gasteiger partial charge on any atom is -0.511 e. The lowest BCUT2D eigenvalue weighted by Gasteiger charge is -2.39. The Kier molecular flexibility index (Phi) is 2.35. The molecular weight excluding hydrogens is 212 g/mol. The Morgan fingerprint density at radius 1 is 1.41 bits per heavy atom. The van der Waals surface area contributed by atoms with Crippen molar-refractivity contribution >= 4 is 0 Å². The van der Waals surface area contributed by atoms with Crippen molar-refractivity contribution in [3.05, 3.63) is 34.8 Å². The van der Waals surface area contributed by atoms with E-state index in [4.69, 9.17) is 4.74 Å². The van der Waals surface area contributed by atoms with Crippen molar-refractivity contribution in [3.8, 4) is 0 Å². The fourth-order valence-electron chi connectivity index (χ4n) is 3.29. The standard InChI is InChI=1S/C15H20O2/c1-3-10-4-5-11-12-6-7-14(16)15(12,2)9-8-13(11)17-10/h6-7,10,16H,3-5,8-9H2,1-2H3. The van der Waals surface area contributed by atoms with Crippen LogP contribution in [0.1, 0.15) is 46.0 Å². The normalized spacial score (nSPS) is 35.8. The molecule has 0 saturated heterocycles. The van der Waals surface area contributed by atoms with E-state index in [1.807, 2.05) is 6.08 Å². The first kappa shape index (κ1) is 10.9. The number of aliphatic hydroxyl groups is 1. The van der Waals surface area contributed by atoms with Gasteiger partial charge >= 0.3 is 0 Å². The molecule has 3 rings (SSSR count). The maximum atomic E-state index is 10.0. The number of rotatable bonds is 1. The van der Waals surface area contributed by atoms with Crippen LogP contribution in [0, 0.1) is 5.41 Å². The molecule has 1 aliphatic heterocycles. The fourth-order valence-corrected chi connectivity index (χ4v) is 3.29. The second-order valence-electron chi connectivity index (χ2n) is 5.55. The van der Waals surface area contributed by atoms with Crippen molar-refractivity contribution < 1.29 is 9.84 Å². The van der Waals surface area contributed by atoms with E-state index >= 15 is 0 Å². The van der Waals surface area contributed by atoms with Gasteiger partial charge in [0.15, 0.2) is 0 Å². The molecule has 92 valence electrons. The van der Waals surface area contributed by atoms with Crippen molar-refractivity contribution in [1.29, 1.82) is 0 Å². The van der Waals surface area contributed by atoms with Gasteiger partial charge in [0, 0.05) is 6.42 Å². The van der Waals surface area contributed by atoms with E-state index in [-0.39, 0.29) is 5.41 Å². The molecule has 2 heteroatoms. The van der Waals surface area contributed by atoms with Crippen molar-refractivity contribution in [1.82, 2.24) is 0 Å². The Morgan fingerprint density at radius 2 is 2.24 bits per heavy atom.